The molecule has 192 valence electrons. The Labute approximate surface area is 217 Å². The predicted molar refractivity (Wildman–Crippen MR) is 140 cm³/mol. The standard InChI is InChI=1S/C27H24FN7O3/c1-14-7-8-31-27(34-14)38-21-6-4-17(10-20(21)28)35-24(15(2)23-25(35)26(30)33-13-32-23)19-5-3-16(29)9-22(19)37-18-11-36-12-18/h3-10,13,18H,11-12,29H2,1-2H3,(H2,30,32,33). The Morgan fingerprint density at radius 2 is 1.84 bits per heavy atom. The Morgan fingerprint density at radius 1 is 1.00 bits per heavy atom. The van der Waals surface area contributed by atoms with Crippen LogP contribution < -0.4 is 20.9 Å². The molecular weight excluding hydrogens is 489 g/mol. The number of nitrogens with two attached hydrogens (primary N) is 2. The number of anilines is 2. The van der Waals surface area contributed by atoms with E-state index in [1.165, 1.54) is 18.5 Å². The van der Waals surface area contributed by atoms with Gasteiger partial charge in [0.05, 0.1) is 24.4 Å². The van der Waals surface area contributed by atoms with Gasteiger partial charge in [0.2, 0.25) is 0 Å². The van der Waals surface area contributed by atoms with E-state index in [0.29, 0.717) is 47.1 Å². The van der Waals surface area contributed by atoms with Crippen molar-refractivity contribution in [2.45, 2.75) is 20.0 Å². The fraction of sp³-hybridized carbons (Fsp3) is 0.185. The maximum absolute atomic E-state index is 15.4. The number of hydrogen-bond acceptors (Lipinski definition) is 9. The molecule has 4 N–H and O–H groups in total. The summed E-state index contributed by atoms with van der Waals surface area (Å²) in [5, 5.41) is 0. The zero-order valence-electron chi connectivity index (χ0n) is 20.7. The third-order valence-electron chi connectivity index (χ3n) is 6.32. The number of ether oxygens (including phenoxy) is 3. The molecular formula is C27H24FN7O3. The molecule has 3 aromatic heterocycles. The summed E-state index contributed by atoms with van der Waals surface area (Å²) in [5.41, 5.74) is 17.7. The molecule has 2 aromatic carbocycles. The van der Waals surface area contributed by atoms with Gasteiger partial charge in [-0.05, 0) is 44.2 Å². The van der Waals surface area contributed by atoms with Crippen molar-refractivity contribution in [2.24, 2.45) is 0 Å². The molecule has 10 nitrogen and oxygen atoms in total. The second-order valence-corrected chi connectivity index (χ2v) is 9.00. The molecule has 4 heterocycles. The van der Waals surface area contributed by atoms with Crippen molar-refractivity contribution in [3.05, 3.63) is 72.1 Å². The molecule has 0 aliphatic carbocycles. The summed E-state index contributed by atoms with van der Waals surface area (Å²) in [7, 11) is 0. The maximum atomic E-state index is 15.4. The number of nitrogens with zero attached hydrogens (tertiary/aromatic N) is 5. The Kier molecular flexibility index (Phi) is 5.76. The van der Waals surface area contributed by atoms with E-state index in [-0.39, 0.29) is 23.7 Å². The topological polar surface area (TPSA) is 136 Å². The molecule has 0 saturated carbocycles. The van der Waals surface area contributed by atoms with E-state index < -0.39 is 5.82 Å². The molecule has 1 aliphatic rings. The van der Waals surface area contributed by atoms with Crippen LogP contribution in [-0.2, 0) is 4.74 Å². The Balaban J connectivity index is 1.52. The summed E-state index contributed by atoms with van der Waals surface area (Å²) >= 11 is 0. The average molecular weight is 514 g/mol. The number of nitrogen functional groups attached to an aromatic ring is 2. The molecule has 1 fully saturated rings. The summed E-state index contributed by atoms with van der Waals surface area (Å²) in [6.07, 6.45) is 2.87. The smallest absolute Gasteiger partial charge is 0.322 e. The van der Waals surface area contributed by atoms with Crippen LogP contribution in [0, 0.1) is 19.7 Å². The Bertz CT molecular complexity index is 1680. The van der Waals surface area contributed by atoms with Gasteiger partial charge in [-0.25, -0.2) is 24.3 Å². The van der Waals surface area contributed by atoms with Crippen molar-refractivity contribution < 1.29 is 18.6 Å². The third-order valence-corrected chi connectivity index (χ3v) is 6.32. The highest BCUT2D eigenvalue weighted by atomic mass is 19.1. The lowest BCUT2D eigenvalue weighted by atomic mass is 10.1. The molecule has 1 saturated heterocycles. The van der Waals surface area contributed by atoms with Crippen LogP contribution in [-0.4, -0.2) is 43.8 Å². The minimum Gasteiger partial charge on any atom is -0.485 e. The minimum absolute atomic E-state index is 0.0141. The van der Waals surface area contributed by atoms with E-state index in [9.17, 15) is 0 Å². The average Bonchev–Trinajstić information content (AvgIpc) is 3.16. The maximum Gasteiger partial charge on any atom is 0.322 e. The van der Waals surface area contributed by atoms with Crippen LogP contribution in [0.4, 0.5) is 15.9 Å². The highest BCUT2D eigenvalue weighted by Crippen LogP contribution is 2.42. The number of hydrogen-bond donors (Lipinski definition) is 2. The largest absolute Gasteiger partial charge is 0.485 e. The lowest BCUT2D eigenvalue weighted by molar-refractivity contribution is -0.0794. The quantitative estimate of drug-likeness (QED) is 0.317. The number of benzene rings is 2. The monoisotopic (exact) mass is 513 g/mol. The predicted octanol–water partition coefficient (Wildman–Crippen LogP) is 4.37. The number of halogens is 1. The van der Waals surface area contributed by atoms with Gasteiger partial charge in [0.25, 0.3) is 0 Å². The molecule has 0 radical (unpaired) electrons. The minimum atomic E-state index is -0.603. The van der Waals surface area contributed by atoms with Crippen molar-refractivity contribution in [2.75, 3.05) is 24.7 Å². The second kappa shape index (κ2) is 9.27. The SMILES string of the molecule is Cc1ccnc(Oc2ccc(-n3c(-c4ccc(N)cc4OC4COC4)c(C)c4ncnc(N)c43)cc2F)n1. The first-order valence-electron chi connectivity index (χ1n) is 11.9. The van der Waals surface area contributed by atoms with Crippen LogP contribution in [0.3, 0.4) is 0 Å². The van der Waals surface area contributed by atoms with E-state index in [2.05, 4.69) is 19.9 Å². The van der Waals surface area contributed by atoms with E-state index >= 15 is 4.39 Å². The highest BCUT2D eigenvalue weighted by molar-refractivity contribution is 5.97. The zero-order chi connectivity index (χ0) is 26.4. The van der Waals surface area contributed by atoms with Crippen molar-refractivity contribution in [1.82, 2.24) is 24.5 Å². The Morgan fingerprint density at radius 3 is 2.58 bits per heavy atom. The van der Waals surface area contributed by atoms with Gasteiger partial charge < -0.3 is 30.2 Å². The first kappa shape index (κ1) is 23.6. The third kappa shape index (κ3) is 4.12. The van der Waals surface area contributed by atoms with E-state index in [0.717, 1.165) is 16.8 Å². The van der Waals surface area contributed by atoms with Gasteiger partial charge >= 0.3 is 6.01 Å². The fourth-order valence-electron chi connectivity index (χ4n) is 4.44. The second-order valence-electron chi connectivity index (χ2n) is 9.00. The van der Waals surface area contributed by atoms with E-state index in [1.807, 2.05) is 17.6 Å². The molecule has 11 heteroatoms. The van der Waals surface area contributed by atoms with Gasteiger partial charge in [0.1, 0.15) is 23.7 Å². The zero-order valence-corrected chi connectivity index (χ0v) is 20.7. The fourth-order valence-corrected chi connectivity index (χ4v) is 4.44. The molecule has 0 bridgehead atoms. The van der Waals surface area contributed by atoms with Crippen molar-refractivity contribution in [3.63, 3.8) is 0 Å². The van der Waals surface area contributed by atoms with Gasteiger partial charge in [-0.15, -0.1) is 0 Å². The van der Waals surface area contributed by atoms with Gasteiger partial charge in [-0.3, -0.25) is 0 Å². The summed E-state index contributed by atoms with van der Waals surface area (Å²) in [6, 6.07) is 11.8. The molecule has 1 aliphatic heterocycles. The highest BCUT2D eigenvalue weighted by Gasteiger charge is 2.26. The normalized spacial score (nSPS) is 13.4. The van der Waals surface area contributed by atoms with Crippen LogP contribution in [0.25, 0.3) is 28.0 Å². The van der Waals surface area contributed by atoms with Crippen molar-refractivity contribution >= 4 is 22.5 Å². The van der Waals surface area contributed by atoms with Crippen LogP contribution in [0.15, 0.2) is 55.0 Å². The van der Waals surface area contributed by atoms with Gasteiger partial charge in [0, 0.05) is 46.5 Å². The van der Waals surface area contributed by atoms with E-state index in [4.69, 9.17) is 25.7 Å². The molecule has 38 heavy (non-hydrogen) atoms. The molecule has 0 spiro atoms. The van der Waals surface area contributed by atoms with Crippen LogP contribution in [0.5, 0.6) is 17.5 Å². The number of fused-ring (bicyclic) bond motifs is 1. The van der Waals surface area contributed by atoms with Crippen molar-refractivity contribution in [3.8, 4) is 34.5 Å². The number of rotatable bonds is 6. The first-order valence-corrected chi connectivity index (χ1v) is 11.9. The van der Waals surface area contributed by atoms with Crippen LogP contribution in [0.1, 0.15) is 11.3 Å². The van der Waals surface area contributed by atoms with Crippen LogP contribution in [0.2, 0.25) is 0 Å². The van der Waals surface area contributed by atoms with Crippen molar-refractivity contribution in [1.29, 1.82) is 0 Å². The summed E-state index contributed by atoms with van der Waals surface area (Å²) in [6.45, 7) is 4.71. The number of aromatic nitrogens is 5. The van der Waals surface area contributed by atoms with Gasteiger partial charge in [0.15, 0.2) is 17.4 Å². The van der Waals surface area contributed by atoms with Gasteiger partial charge in [-0.1, -0.05) is 0 Å². The molecule has 6 rings (SSSR count). The lowest BCUT2D eigenvalue weighted by Crippen LogP contribution is -2.38. The molecule has 0 atom stereocenters. The lowest BCUT2D eigenvalue weighted by Gasteiger charge is -2.28. The van der Waals surface area contributed by atoms with Gasteiger partial charge in [-0.2, -0.15) is 0 Å². The number of aryl methyl sites for hydroxylation is 2. The first-order chi connectivity index (χ1) is 18.4. The molecule has 0 amide bonds. The summed E-state index contributed by atoms with van der Waals surface area (Å²) in [4.78, 5) is 16.9. The molecule has 0 unspecified atom stereocenters. The Hall–Kier alpha value is -4.77. The molecule has 5 aromatic rings. The van der Waals surface area contributed by atoms with Crippen LogP contribution >= 0.6 is 0 Å². The summed E-state index contributed by atoms with van der Waals surface area (Å²) in [5.74, 6) is 0.214. The summed E-state index contributed by atoms with van der Waals surface area (Å²) < 4.78 is 34.3. The van der Waals surface area contributed by atoms with E-state index in [1.54, 1.807) is 37.4 Å².